The van der Waals surface area contributed by atoms with E-state index >= 15 is 0 Å². The van der Waals surface area contributed by atoms with Gasteiger partial charge in [-0.05, 0) is 32.8 Å². The number of nitrogens with one attached hydrogen (secondary N) is 1. The Morgan fingerprint density at radius 2 is 2.12 bits per heavy atom. The van der Waals surface area contributed by atoms with Crippen LogP contribution in [0.4, 0.5) is 0 Å². The quantitative estimate of drug-likeness (QED) is 0.697. The molecule has 0 fully saturated rings. The Hall–Kier alpha value is -2.61. The first-order valence-corrected chi connectivity index (χ1v) is 8.74. The third-order valence-corrected chi connectivity index (χ3v) is 4.83. The van der Waals surface area contributed by atoms with Crippen molar-refractivity contribution in [1.82, 2.24) is 19.4 Å². The van der Waals surface area contributed by atoms with E-state index in [0.717, 1.165) is 36.1 Å². The second kappa shape index (κ2) is 7.33. The third-order valence-electron chi connectivity index (χ3n) is 4.83. The fourth-order valence-electron chi connectivity index (χ4n) is 3.61. The number of hydrogen-bond acceptors (Lipinski definition) is 5. The van der Waals surface area contributed by atoms with Crippen molar-refractivity contribution < 1.29 is 15.0 Å². The fraction of sp³-hybridized carbons (Fsp3) is 0.500. The summed E-state index contributed by atoms with van der Waals surface area (Å²) in [4.78, 5) is 28.9. The van der Waals surface area contributed by atoms with Crippen molar-refractivity contribution in [3.8, 4) is 5.75 Å². The molecule has 0 saturated heterocycles. The lowest BCUT2D eigenvalue weighted by Crippen LogP contribution is -2.42. The topological polar surface area (TPSA) is 109 Å². The van der Waals surface area contributed by atoms with Crippen LogP contribution in [0.5, 0.6) is 5.75 Å². The lowest BCUT2D eigenvalue weighted by molar-refractivity contribution is -0.122. The second-order valence-electron chi connectivity index (χ2n) is 6.71. The maximum absolute atomic E-state index is 12.4. The summed E-state index contributed by atoms with van der Waals surface area (Å²) in [5, 5.41) is 21.6. The summed E-state index contributed by atoms with van der Waals surface area (Å²) in [6.45, 7) is 4.13. The van der Waals surface area contributed by atoms with Gasteiger partial charge in [0.2, 0.25) is 5.91 Å². The molecule has 1 unspecified atom stereocenters. The van der Waals surface area contributed by atoms with Crippen molar-refractivity contribution in [2.24, 2.45) is 0 Å². The van der Waals surface area contributed by atoms with Crippen LogP contribution in [0, 0.1) is 13.8 Å². The summed E-state index contributed by atoms with van der Waals surface area (Å²) in [7, 11) is 0. The number of imidazole rings is 1. The van der Waals surface area contributed by atoms with Crippen LogP contribution in [0.25, 0.3) is 0 Å². The highest BCUT2D eigenvalue weighted by atomic mass is 16.3. The summed E-state index contributed by atoms with van der Waals surface area (Å²) in [6.07, 6.45) is 2.22. The van der Waals surface area contributed by atoms with Gasteiger partial charge in [-0.15, -0.1) is 0 Å². The number of rotatable bonds is 5. The van der Waals surface area contributed by atoms with Crippen LogP contribution in [0.1, 0.15) is 29.3 Å². The minimum atomic E-state index is -0.401. The summed E-state index contributed by atoms with van der Waals surface area (Å²) in [5.74, 6) is 0.543. The van der Waals surface area contributed by atoms with E-state index in [4.69, 9.17) is 0 Å². The Morgan fingerprint density at radius 3 is 2.81 bits per heavy atom. The summed E-state index contributed by atoms with van der Waals surface area (Å²) in [5.41, 5.74) is 2.23. The van der Waals surface area contributed by atoms with Gasteiger partial charge >= 0.3 is 0 Å². The number of carbonyl (C=O) groups excluding carboxylic acids is 1. The highest BCUT2D eigenvalue weighted by Gasteiger charge is 2.25. The third kappa shape index (κ3) is 3.65. The summed E-state index contributed by atoms with van der Waals surface area (Å²) in [6, 6.07) is 2.53. The molecule has 0 saturated carbocycles. The van der Waals surface area contributed by atoms with E-state index in [9.17, 15) is 19.8 Å². The molecular weight excluding hydrogens is 336 g/mol. The van der Waals surface area contributed by atoms with Crippen molar-refractivity contribution in [2.45, 2.75) is 52.2 Å². The predicted octanol–water partition coefficient (Wildman–Crippen LogP) is 0.0332. The van der Waals surface area contributed by atoms with Crippen LogP contribution in [0.15, 0.2) is 16.9 Å². The van der Waals surface area contributed by atoms with Gasteiger partial charge in [-0.3, -0.25) is 9.59 Å². The molecule has 26 heavy (non-hydrogen) atoms. The number of amides is 1. The number of aromatic nitrogens is 3. The van der Waals surface area contributed by atoms with Crippen LogP contribution in [-0.4, -0.2) is 42.9 Å². The Kier molecular flexibility index (Phi) is 5.13. The Balaban J connectivity index is 1.67. The highest BCUT2D eigenvalue weighted by Crippen LogP contribution is 2.22. The van der Waals surface area contributed by atoms with Crippen LogP contribution >= 0.6 is 0 Å². The number of aryl methyl sites for hydroxylation is 2. The molecule has 3 rings (SSSR count). The van der Waals surface area contributed by atoms with Crippen molar-refractivity contribution in [3.05, 3.63) is 45.4 Å². The number of aliphatic hydroxyl groups is 1. The van der Waals surface area contributed by atoms with E-state index in [1.807, 2.05) is 11.5 Å². The largest absolute Gasteiger partial charge is 0.508 e. The monoisotopic (exact) mass is 360 g/mol. The van der Waals surface area contributed by atoms with Gasteiger partial charge in [-0.1, -0.05) is 0 Å². The lowest BCUT2D eigenvalue weighted by atomic mass is 9.96. The standard InChI is InChI=1S/C18H24N4O4/c1-11-7-14(24)9-18(26)22(11)10-17(25)20-13-3-4-16-15(8-13)19-12(2)21(16)5-6-23/h7,9,13,23-24H,3-6,8,10H2,1-2H3,(H,20,25). The van der Waals surface area contributed by atoms with Crippen LogP contribution in [-0.2, 0) is 30.7 Å². The van der Waals surface area contributed by atoms with E-state index in [0.29, 0.717) is 18.7 Å². The molecule has 0 spiro atoms. The van der Waals surface area contributed by atoms with E-state index in [2.05, 4.69) is 10.3 Å². The zero-order valence-electron chi connectivity index (χ0n) is 15.0. The van der Waals surface area contributed by atoms with Gasteiger partial charge in [0.1, 0.15) is 18.1 Å². The molecule has 1 amide bonds. The van der Waals surface area contributed by atoms with Crippen LogP contribution in [0.2, 0.25) is 0 Å². The minimum Gasteiger partial charge on any atom is -0.508 e. The van der Waals surface area contributed by atoms with Crippen molar-refractivity contribution >= 4 is 5.91 Å². The molecule has 2 aromatic heterocycles. The fourth-order valence-corrected chi connectivity index (χ4v) is 3.61. The number of carbonyl (C=O) groups is 1. The number of fused-ring (bicyclic) bond motifs is 1. The first kappa shape index (κ1) is 18.2. The Morgan fingerprint density at radius 1 is 1.35 bits per heavy atom. The summed E-state index contributed by atoms with van der Waals surface area (Å²) < 4.78 is 3.37. The van der Waals surface area contributed by atoms with E-state index in [1.54, 1.807) is 6.92 Å². The zero-order chi connectivity index (χ0) is 18.8. The molecular formula is C18H24N4O4. The Labute approximate surface area is 151 Å². The molecule has 1 atom stereocenters. The van der Waals surface area contributed by atoms with Crippen molar-refractivity contribution in [2.75, 3.05) is 6.61 Å². The lowest BCUT2D eigenvalue weighted by Gasteiger charge is -2.24. The predicted molar refractivity (Wildman–Crippen MR) is 95.1 cm³/mol. The Bertz CT molecular complexity index is 884. The van der Waals surface area contributed by atoms with Gasteiger partial charge in [0.05, 0.1) is 12.3 Å². The molecule has 2 heterocycles. The normalized spacial score (nSPS) is 16.3. The first-order valence-electron chi connectivity index (χ1n) is 8.74. The van der Waals surface area contributed by atoms with E-state index in [-0.39, 0.29) is 30.9 Å². The average molecular weight is 360 g/mol. The smallest absolute Gasteiger partial charge is 0.254 e. The van der Waals surface area contributed by atoms with Gasteiger partial charge in [0, 0.05) is 36.5 Å². The van der Waals surface area contributed by atoms with Gasteiger partial charge in [0.25, 0.3) is 5.56 Å². The van der Waals surface area contributed by atoms with E-state index < -0.39 is 5.56 Å². The molecule has 0 bridgehead atoms. The summed E-state index contributed by atoms with van der Waals surface area (Å²) >= 11 is 0. The van der Waals surface area contributed by atoms with E-state index in [1.165, 1.54) is 10.6 Å². The van der Waals surface area contributed by atoms with Gasteiger partial charge in [0.15, 0.2) is 0 Å². The van der Waals surface area contributed by atoms with Crippen LogP contribution < -0.4 is 10.9 Å². The molecule has 140 valence electrons. The molecule has 0 aromatic carbocycles. The molecule has 1 aliphatic carbocycles. The second-order valence-corrected chi connectivity index (χ2v) is 6.71. The molecule has 1 aliphatic rings. The zero-order valence-corrected chi connectivity index (χ0v) is 15.0. The maximum Gasteiger partial charge on any atom is 0.254 e. The number of pyridine rings is 1. The van der Waals surface area contributed by atoms with Gasteiger partial charge in [-0.25, -0.2) is 4.98 Å². The molecule has 8 nitrogen and oxygen atoms in total. The number of nitrogens with zero attached hydrogens (tertiary/aromatic N) is 3. The molecule has 0 aliphatic heterocycles. The van der Waals surface area contributed by atoms with Crippen molar-refractivity contribution in [3.63, 3.8) is 0 Å². The highest BCUT2D eigenvalue weighted by molar-refractivity contribution is 5.76. The molecule has 8 heteroatoms. The average Bonchev–Trinajstić information content (AvgIpc) is 2.86. The maximum atomic E-state index is 12.4. The molecule has 3 N–H and O–H groups in total. The van der Waals surface area contributed by atoms with Gasteiger partial charge < -0.3 is 24.7 Å². The number of aromatic hydroxyl groups is 1. The SMILES string of the molecule is Cc1nc2c(n1CCO)CCC(NC(=O)Cn1c(C)cc(O)cc1=O)C2. The van der Waals surface area contributed by atoms with Crippen LogP contribution in [0.3, 0.4) is 0 Å². The van der Waals surface area contributed by atoms with Gasteiger partial charge in [-0.2, -0.15) is 0 Å². The minimum absolute atomic E-state index is 0.0278. The number of aliphatic hydroxyl groups excluding tert-OH is 1. The van der Waals surface area contributed by atoms with Crippen molar-refractivity contribution in [1.29, 1.82) is 0 Å². The number of hydrogen-bond donors (Lipinski definition) is 3. The molecule has 0 radical (unpaired) electrons. The first-order chi connectivity index (χ1) is 12.4. The molecule has 2 aromatic rings.